The van der Waals surface area contributed by atoms with Crippen LogP contribution in [0.3, 0.4) is 0 Å². The molecule has 0 bridgehead atoms. The van der Waals surface area contributed by atoms with E-state index in [4.69, 9.17) is 23.2 Å². The molecule has 0 saturated heterocycles. The van der Waals surface area contributed by atoms with E-state index in [1.165, 1.54) is 0 Å². The summed E-state index contributed by atoms with van der Waals surface area (Å²) in [6.07, 6.45) is 1.93. The van der Waals surface area contributed by atoms with Crippen molar-refractivity contribution in [2.45, 2.75) is 11.8 Å². The first-order valence-corrected chi connectivity index (χ1v) is 10.5. The van der Waals surface area contributed by atoms with Gasteiger partial charge < -0.3 is 9.29 Å². The molecular weight excluding hydrogens is 423 g/mol. The molecule has 0 aliphatic rings. The van der Waals surface area contributed by atoms with E-state index in [9.17, 15) is 4.79 Å². The molecule has 1 N–H and O–H groups in total. The highest BCUT2D eigenvalue weighted by atomic mass is 35.5. The number of hydrogen-bond acceptors (Lipinski definition) is 3. The Hall–Kier alpha value is -2.40. The van der Waals surface area contributed by atoms with Crippen LogP contribution in [0.1, 0.15) is 21.5 Å². The van der Waals surface area contributed by atoms with Gasteiger partial charge in [-0.05, 0) is 73.0 Å². The fourth-order valence-corrected chi connectivity index (χ4v) is 4.73. The van der Waals surface area contributed by atoms with Crippen molar-refractivity contribution in [3.63, 3.8) is 0 Å². The summed E-state index contributed by atoms with van der Waals surface area (Å²) in [5.74, 6) is -0.106. The van der Waals surface area contributed by atoms with Crippen molar-refractivity contribution >= 4 is 57.5 Å². The van der Waals surface area contributed by atoms with Gasteiger partial charge in [-0.15, -0.1) is 0 Å². The number of anilines is 1. The summed E-state index contributed by atoms with van der Waals surface area (Å²) in [6, 6.07) is 19.0. The molecule has 146 valence electrons. The number of nitrogens with zero attached hydrogens (tertiary/aromatic N) is 1. The molecule has 3 aromatic carbocycles. The molecule has 0 unspecified atom stereocenters. The van der Waals surface area contributed by atoms with Gasteiger partial charge in [-0.25, -0.2) is 0 Å². The third-order valence-corrected chi connectivity index (χ3v) is 6.25. The van der Waals surface area contributed by atoms with Gasteiger partial charge in [0.2, 0.25) is 0 Å². The quantitative estimate of drug-likeness (QED) is 0.264. The smallest absolute Gasteiger partial charge is 0.194 e. The van der Waals surface area contributed by atoms with E-state index in [0.717, 1.165) is 27.0 Å². The van der Waals surface area contributed by atoms with Crippen LogP contribution in [0.5, 0.6) is 0 Å². The molecule has 0 amide bonds. The van der Waals surface area contributed by atoms with E-state index < -0.39 is 0 Å². The molecule has 3 nitrogen and oxygen atoms in total. The molecule has 1 heterocycles. The lowest BCUT2D eigenvalue weighted by molar-refractivity contribution is 0.103. The molecule has 0 saturated carbocycles. The molecule has 0 radical (unpaired) electrons. The fraction of sp³-hybridized carbons (Fsp3) is 0.0870. The second-order valence-corrected chi connectivity index (χ2v) is 8.78. The maximum atomic E-state index is 12.9. The van der Waals surface area contributed by atoms with E-state index in [-0.39, 0.29) is 5.78 Å². The number of benzene rings is 3. The highest BCUT2D eigenvalue weighted by molar-refractivity contribution is 8.00. The van der Waals surface area contributed by atoms with Gasteiger partial charge in [0.25, 0.3) is 0 Å². The van der Waals surface area contributed by atoms with Gasteiger partial charge in [0.05, 0.1) is 16.2 Å². The van der Waals surface area contributed by atoms with Gasteiger partial charge in [0.1, 0.15) is 0 Å². The van der Waals surface area contributed by atoms with E-state index in [2.05, 4.69) is 21.4 Å². The topological polar surface area (TPSA) is 36.1 Å². The van der Waals surface area contributed by atoms with Crippen LogP contribution in [0.15, 0.2) is 71.8 Å². The van der Waals surface area contributed by atoms with Crippen LogP contribution >= 0.6 is 35.1 Å². The molecule has 1 aromatic heterocycles. The van der Waals surface area contributed by atoms with E-state index in [1.54, 1.807) is 36.2 Å². The third kappa shape index (κ3) is 4.01. The lowest BCUT2D eigenvalue weighted by Crippen LogP contribution is -2.07. The van der Waals surface area contributed by atoms with E-state index >= 15 is 0 Å². The predicted octanol–water partition coefficient (Wildman–Crippen LogP) is 7.16. The molecule has 4 rings (SSSR count). The van der Waals surface area contributed by atoms with Crippen molar-refractivity contribution in [3.8, 4) is 0 Å². The van der Waals surface area contributed by atoms with Crippen molar-refractivity contribution in [3.05, 3.63) is 93.6 Å². The first kappa shape index (κ1) is 19.9. The van der Waals surface area contributed by atoms with Gasteiger partial charge in [-0.2, -0.15) is 0 Å². The van der Waals surface area contributed by atoms with Gasteiger partial charge in [0.15, 0.2) is 5.78 Å². The van der Waals surface area contributed by atoms with Gasteiger partial charge in [-0.1, -0.05) is 35.3 Å². The number of nitrogens with one attached hydrogen (secondary N) is 1. The number of halogens is 2. The summed E-state index contributed by atoms with van der Waals surface area (Å²) in [7, 11) is 2.00. The minimum Gasteiger partial charge on any atom is -0.359 e. The van der Waals surface area contributed by atoms with Crippen LogP contribution in [0, 0.1) is 6.92 Å². The van der Waals surface area contributed by atoms with Crippen molar-refractivity contribution in [2.75, 3.05) is 11.4 Å². The molecule has 0 atom stereocenters. The number of rotatable bonds is 5. The van der Waals surface area contributed by atoms with Crippen LogP contribution < -0.4 is 4.31 Å². The number of H-pyrrole nitrogens is 1. The van der Waals surface area contributed by atoms with E-state index in [1.807, 2.05) is 44.4 Å². The van der Waals surface area contributed by atoms with Gasteiger partial charge in [0, 0.05) is 39.7 Å². The minimum atomic E-state index is -0.106. The number of carbonyl (C=O) groups is 1. The molecular formula is C23H18Cl2N2OS. The lowest BCUT2D eigenvalue weighted by atomic mass is 9.99. The number of aryl methyl sites for hydroxylation is 1. The summed E-state index contributed by atoms with van der Waals surface area (Å²) < 4.78 is 2.08. The van der Waals surface area contributed by atoms with Crippen LogP contribution in [-0.4, -0.2) is 17.8 Å². The highest BCUT2D eigenvalue weighted by Crippen LogP contribution is 2.34. The first-order valence-electron chi connectivity index (χ1n) is 9.02. The summed E-state index contributed by atoms with van der Waals surface area (Å²) >= 11 is 14.0. The summed E-state index contributed by atoms with van der Waals surface area (Å²) in [5.41, 5.74) is 4.07. The van der Waals surface area contributed by atoms with Crippen molar-refractivity contribution in [2.24, 2.45) is 0 Å². The second-order valence-electron chi connectivity index (χ2n) is 6.74. The summed E-state index contributed by atoms with van der Waals surface area (Å²) in [4.78, 5) is 17.2. The average Bonchev–Trinajstić information content (AvgIpc) is 3.16. The first-order chi connectivity index (χ1) is 13.9. The molecule has 29 heavy (non-hydrogen) atoms. The zero-order valence-corrected chi connectivity index (χ0v) is 18.2. The van der Waals surface area contributed by atoms with Gasteiger partial charge >= 0.3 is 0 Å². The Morgan fingerprint density at radius 3 is 2.55 bits per heavy atom. The Balaban J connectivity index is 1.58. The molecule has 0 aliphatic carbocycles. The maximum absolute atomic E-state index is 12.9. The number of fused-ring (bicyclic) bond motifs is 1. The number of ketones is 1. The maximum Gasteiger partial charge on any atom is 0.194 e. The Kier molecular flexibility index (Phi) is 5.59. The highest BCUT2D eigenvalue weighted by Gasteiger charge is 2.17. The third-order valence-electron chi connectivity index (χ3n) is 4.77. The number of aromatic nitrogens is 1. The lowest BCUT2D eigenvalue weighted by Gasteiger charge is -2.19. The Morgan fingerprint density at radius 2 is 1.79 bits per heavy atom. The summed E-state index contributed by atoms with van der Waals surface area (Å²) in [6.45, 7) is 1.87. The second kappa shape index (κ2) is 8.15. The zero-order valence-electron chi connectivity index (χ0n) is 15.9. The summed E-state index contributed by atoms with van der Waals surface area (Å²) in [5, 5.41) is 2.20. The molecule has 4 aromatic rings. The molecule has 0 aliphatic heterocycles. The SMILES string of the molecule is Cc1cc(Cl)ccc1C(=O)c1ccc(SN(C)c2cccc3cc[nH]c23)cc1Cl. The Morgan fingerprint density at radius 1 is 1.00 bits per heavy atom. The van der Waals surface area contributed by atoms with Crippen LogP contribution in [0.2, 0.25) is 10.0 Å². The van der Waals surface area contributed by atoms with Crippen molar-refractivity contribution < 1.29 is 4.79 Å². The largest absolute Gasteiger partial charge is 0.359 e. The number of para-hydroxylation sites is 1. The van der Waals surface area contributed by atoms with Crippen LogP contribution in [-0.2, 0) is 0 Å². The monoisotopic (exact) mass is 440 g/mol. The van der Waals surface area contributed by atoms with E-state index in [0.29, 0.717) is 21.2 Å². The van der Waals surface area contributed by atoms with Crippen LogP contribution in [0.4, 0.5) is 5.69 Å². The van der Waals surface area contributed by atoms with Crippen LogP contribution in [0.25, 0.3) is 10.9 Å². The molecule has 6 heteroatoms. The normalized spacial score (nSPS) is 11.0. The fourth-order valence-electron chi connectivity index (χ4n) is 3.30. The molecule has 0 fully saturated rings. The average molecular weight is 441 g/mol. The number of carbonyl (C=O) groups excluding carboxylic acids is 1. The standard InChI is InChI=1S/C23H18Cl2N2OS/c1-14-12-16(24)6-8-18(14)23(28)19-9-7-17(13-20(19)25)29-27(2)21-5-3-4-15-10-11-26-22(15)21/h3-13,26H,1-2H3. The number of hydrogen-bond donors (Lipinski definition) is 1. The van der Waals surface area contributed by atoms with Crippen molar-refractivity contribution in [1.82, 2.24) is 4.98 Å². The molecule has 0 spiro atoms. The minimum absolute atomic E-state index is 0.106. The van der Waals surface area contributed by atoms with Crippen molar-refractivity contribution in [1.29, 1.82) is 0 Å². The Labute approximate surface area is 183 Å². The predicted molar refractivity (Wildman–Crippen MR) is 124 cm³/mol. The van der Waals surface area contributed by atoms with Gasteiger partial charge in [-0.3, -0.25) is 4.79 Å². The zero-order chi connectivity index (χ0) is 20.5. The number of aromatic amines is 1. The Bertz CT molecular complexity index is 1220.